The summed E-state index contributed by atoms with van der Waals surface area (Å²) < 4.78 is 13.1. The Morgan fingerprint density at radius 3 is 2.70 bits per heavy atom. The second kappa shape index (κ2) is 8.98. The first-order valence-corrected chi connectivity index (χ1v) is 11.1. The number of aromatic nitrogens is 1. The Bertz CT molecular complexity index is 762. The van der Waals surface area contributed by atoms with Gasteiger partial charge in [0.25, 0.3) is 0 Å². The van der Waals surface area contributed by atoms with Crippen LogP contribution in [-0.4, -0.2) is 46.0 Å². The zero-order valence-corrected chi connectivity index (χ0v) is 17.3. The van der Waals surface area contributed by atoms with Gasteiger partial charge in [-0.05, 0) is 55.1 Å². The van der Waals surface area contributed by atoms with E-state index in [2.05, 4.69) is 15.2 Å². The minimum Gasteiger partial charge on any atom is -0.309 e. The maximum atomic E-state index is 13.1. The predicted octanol–water partition coefficient (Wildman–Crippen LogP) is 3.11. The van der Waals surface area contributed by atoms with Crippen molar-refractivity contribution in [2.45, 2.75) is 63.8 Å². The normalized spacial score (nSPS) is 24.1. The summed E-state index contributed by atoms with van der Waals surface area (Å²) in [5, 5.41) is 11.8. The molecule has 164 valence electrons. The second-order valence-corrected chi connectivity index (χ2v) is 9.49. The highest BCUT2D eigenvalue weighted by molar-refractivity contribution is 5.94. The van der Waals surface area contributed by atoms with Gasteiger partial charge in [-0.25, -0.2) is 14.9 Å². The zero-order valence-electron chi connectivity index (χ0n) is 17.3. The smallest absolute Gasteiger partial charge is 0.243 e. The molecule has 3 aliphatic rings. The number of hydrogen-bond acceptors (Lipinski definition) is 5. The number of amides is 2. The molecule has 1 saturated heterocycles. The fourth-order valence-corrected chi connectivity index (χ4v) is 5.37. The highest BCUT2D eigenvalue weighted by atomic mass is 19.1. The molecule has 1 spiro atoms. The van der Waals surface area contributed by atoms with Crippen molar-refractivity contribution in [1.29, 1.82) is 0 Å². The van der Waals surface area contributed by atoms with Gasteiger partial charge in [0.15, 0.2) is 0 Å². The molecule has 3 N–H and O–H groups in total. The number of carbonyl (C=O) groups excluding carboxylic acids is 2. The van der Waals surface area contributed by atoms with E-state index < -0.39 is 5.82 Å². The number of nitrogens with zero attached hydrogens (tertiary/aromatic N) is 2. The minimum absolute atomic E-state index is 0.105. The summed E-state index contributed by atoms with van der Waals surface area (Å²) >= 11 is 0. The van der Waals surface area contributed by atoms with Crippen LogP contribution in [0.4, 0.5) is 10.2 Å². The van der Waals surface area contributed by atoms with Crippen LogP contribution in [0.3, 0.4) is 0 Å². The number of halogens is 1. The lowest BCUT2D eigenvalue weighted by Crippen LogP contribution is -2.43. The number of nitrogens with one attached hydrogen (secondary N) is 2. The number of rotatable bonds is 8. The molecular weight excluding hydrogens is 387 g/mol. The molecule has 0 aromatic carbocycles. The average molecular weight is 419 g/mol. The molecule has 7 nitrogen and oxygen atoms in total. The Morgan fingerprint density at radius 1 is 1.30 bits per heavy atom. The van der Waals surface area contributed by atoms with Gasteiger partial charge in [0.05, 0.1) is 12.2 Å². The molecule has 1 aromatic heterocycles. The summed E-state index contributed by atoms with van der Waals surface area (Å²) in [6, 6.07) is 2.47. The van der Waals surface area contributed by atoms with Crippen LogP contribution in [0.15, 0.2) is 18.3 Å². The summed E-state index contributed by atoms with van der Waals surface area (Å²) in [6.07, 6.45) is 10.3. The Kier molecular flexibility index (Phi) is 6.34. The van der Waals surface area contributed by atoms with E-state index in [0.29, 0.717) is 18.3 Å². The van der Waals surface area contributed by atoms with Crippen LogP contribution >= 0.6 is 0 Å². The van der Waals surface area contributed by atoms with Crippen molar-refractivity contribution < 1.29 is 19.2 Å². The number of hydrogen-bond donors (Lipinski definition) is 3. The molecule has 30 heavy (non-hydrogen) atoms. The van der Waals surface area contributed by atoms with Gasteiger partial charge in [-0.15, -0.1) is 0 Å². The largest absolute Gasteiger partial charge is 0.309 e. The molecule has 0 radical (unpaired) electrons. The fraction of sp³-hybridized carbons (Fsp3) is 0.682. The van der Waals surface area contributed by atoms with Gasteiger partial charge in [0.1, 0.15) is 11.6 Å². The lowest BCUT2D eigenvalue weighted by molar-refractivity contribution is -0.130. The maximum Gasteiger partial charge on any atom is 0.243 e. The third-order valence-corrected chi connectivity index (χ3v) is 7.08. The van der Waals surface area contributed by atoms with Crippen molar-refractivity contribution in [3.8, 4) is 0 Å². The molecule has 2 atom stereocenters. The Labute approximate surface area is 176 Å². The Morgan fingerprint density at radius 2 is 2.07 bits per heavy atom. The van der Waals surface area contributed by atoms with Crippen molar-refractivity contribution >= 4 is 17.6 Å². The van der Waals surface area contributed by atoms with E-state index in [1.54, 1.807) is 5.48 Å². The lowest BCUT2D eigenvalue weighted by atomic mass is 9.90. The van der Waals surface area contributed by atoms with Crippen LogP contribution in [0.2, 0.25) is 0 Å². The molecule has 2 aliphatic carbocycles. The molecule has 2 heterocycles. The quantitative estimate of drug-likeness (QED) is 0.445. The minimum atomic E-state index is -0.440. The molecule has 0 unspecified atom stereocenters. The standard InChI is InChI=1S/C22H31FN4O3/c23-17-5-6-19(24-12-17)25-21(29)18-11-22(7-8-22)14-27(18)13-16(10-20(28)26-30)9-15-3-1-2-4-15/h5-6,12,15-16,18,30H,1-4,7-11,13-14H2,(H,26,28)(H,24,25,29)/t16-,18+/m1/s1. The van der Waals surface area contributed by atoms with Gasteiger partial charge in [-0.3, -0.25) is 19.7 Å². The van der Waals surface area contributed by atoms with Crippen molar-refractivity contribution in [3.63, 3.8) is 0 Å². The first-order valence-electron chi connectivity index (χ1n) is 11.1. The van der Waals surface area contributed by atoms with Crippen molar-refractivity contribution in [3.05, 3.63) is 24.1 Å². The fourth-order valence-electron chi connectivity index (χ4n) is 5.37. The van der Waals surface area contributed by atoms with Crippen LogP contribution in [-0.2, 0) is 9.59 Å². The van der Waals surface area contributed by atoms with Crippen molar-refractivity contribution in [2.75, 3.05) is 18.4 Å². The topological polar surface area (TPSA) is 94.6 Å². The third-order valence-electron chi connectivity index (χ3n) is 7.08. The van der Waals surface area contributed by atoms with Crippen LogP contribution in [0.1, 0.15) is 57.8 Å². The molecule has 3 fully saturated rings. The van der Waals surface area contributed by atoms with E-state index in [-0.39, 0.29) is 35.6 Å². The summed E-state index contributed by atoms with van der Waals surface area (Å²) in [6.45, 7) is 1.53. The summed E-state index contributed by atoms with van der Waals surface area (Å²) in [7, 11) is 0. The summed E-state index contributed by atoms with van der Waals surface area (Å²) in [5.74, 6) is 0.145. The highest BCUT2D eigenvalue weighted by Crippen LogP contribution is 2.55. The first kappa shape index (κ1) is 21.2. The molecule has 8 heteroatoms. The van der Waals surface area contributed by atoms with Gasteiger partial charge in [0.2, 0.25) is 11.8 Å². The second-order valence-electron chi connectivity index (χ2n) is 9.49. The van der Waals surface area contributed by atoms with Gasteiger partial charge in [0, 0.05) is 19.5 Å². The van der Waals surface area contributed by atoms with Gasteiger partial charge in [-0.2, -0.15) is 0 Å². The van der Waals surface area contributed by atoms with Crippen molar-refractivity contribution in [1.82, 2.24) is 15.4 Å². The Hall–Kier alpha value is -2.06. The van der Waals surface area contributed by atoms with Crippen molar-refractivity contribution in [2.24, 2.45) is 17.3 Å². The molecular formula is C22H31FN4O3. The van der Waals surface area contributed by atoms with E-state index in [1.165, 1.54) is 37.8 Å². The number of hydroxylamine groups is 1. The van der Waals surface area contributed by atoms with Crippen LogP contribution in [0.5, 0.6) is 0 Å². The van der Waals surface area contributed by atoms with E-state index >= 15 is 0 Å². The highest BCUT2D eigenvalue weighted by Gasteiger charge is 2.54. The molecule has 1 aliphatic heterocycles. The predicted molar refractivity (Wildman–Crippen MR) is 109 cm³/mol. The number of carbonyl (C=O) groups is 2. The number of likely N-dealkylation sites (tertiary alicyclic amines) is 1. The van der Waals surface area contributed by atoms with E-state index in [1.807, 2.05) is 0 Å². The molecule has 1 aromatic rings. The summed E-state index contributed by atoms with van der Waals surface area (Å²) in [4.78, 5) is 31.1. The maximum absolute atomic E-state index is 13.1. The molecule has 2 saturated carbocycles. The van der Waals surface area contributed by atoms with Crippen LogP contribution in [0, 0.1) is 23.1 Å². The third kappa shape index (κ3) is 5.16. The molecule has 0 bridgehead atoms. The van der Waals surface area contributed by atoms with E-state index in [9.17, 15) is 14.0 Å². The Balaban J connectivity index is 1.43. The lowest BCUT2D eigenvalue weighted by Gasteiger charge is -2.29. The summed E-state index contributed by atoms with van der Waals surface area (Å²) in [5.41, 5.74) is 1.99. The first-order chi connectivity index (χ1) is 14.5. The molecule has 4 rings (SSSR count). The zero-order chi connectivity index (χ0) is 21.1. The SMILES string of the molecule is O=C(C[C@@H](CC1CCCC1)CN1CC2(CC2)C[C@H]1C(=O)Nc1ccc(F)cn1)NO. The van der Waals surface area contributed by atoms with Crippen LogP contribution in [0.25, 0.3) is 0 Å². The van der Waals surface area contributed by atoms with Gasteiger partial charge < -0.3 is 5.32 Å². The number of pyridine rings is 1. The average Bonchev–Trinajstić information content (AvgIpc) is 3.11. The monoisotopic (exact) mass is 418 g/mol. The van der Waals surface area contributed by atoms with Gasteiger partial charge >= 0.3 is 0 Å². The van der Waals surface area contributed by atoms with Crippen LogP contribution < -0.4 is 10.8 Å². The molecule has 2 amide bonds. The number of anilines is 1. The van der Waals surface area contributed by atoms with E-state index in [4.69, 9.17) is 5.21 Å². The van der Waals surface area contributed by atoms with Gasteiger partial charge in [-0.1, -0.05) is 25.7 Å². The van der Waals surface area contributed by atoms with E-state index in [0.717, 1.165) is 38.4 Å².